The van der Waals surface area contributed by atoms with Gasteiger partial charge in [-0.3, -0.25) is 9.69 Å². The van der Waals surface area contributed by atoms with Crippen LogP contribution in [-0.2, 0) is 13.1 Å². The van der Waals surface area contributed by atoms with Crippen LogP contribution in [0.1, 0.15) is 27.3 Å². The standard InChI is InChI=1S/C22H24ClN5O/c1-17-21(24-25-28(17)16-18-5-3-2-4-6-18)22(29)27-13-11-26(12-14-27)15-19-7-9-20(23)10-8-19/h2-10H,11-16H2,1H3. The van der Waals surface area contributed by atoms with Crippen LogP contribution in [0.4, 0.5) is 0 Å². The van der Waals surface area contributed by atoms with Gasteiger partial charge in [-0.1, -0.05) is 59.3 Å². The quantitative estimate of drug-likeness (QED) is 0.649. The highest BCUT2D eigenvalue weighted by molar-refractivity contribution is 6.30. The van der Waals surface area contributed by atoms with Gasteiger partial charge < -0.3 is 4.90 Å². The van der Waals surface area contributed by atoms with E-state index in [9.17, 15) is 4.79 Å². The smallest absolute Gasteiger partial charge is 0.276 e. The van der Waals surface area contributed by atoms with Crippen molar-refractivity contribution in [3.63, 3.8) is 0 Å². The van der Waals surface area contributed by atoms with Gasteiger partial charge in [-0.15, -0.1) is 5.10 Å². The molecule has 1 aliphatic rings. The summed E-state index contributed by atoms with van der Waals surface area (Å²) in [5, 5.41) is 9.13. The number of aromatic nitrogens is 3. The first kappa shape index (κ1) is 19.6. The molecule has 0 bridgehead atoms. The van der Waals surface area contributed by atoms with Crippen LogP contribution in [0.2, 0.25) is 5.02 Å². The Kier molecular flexibility index (Phi) is 5.92. The van der Waals surface area contributed by atoms with Gasteiger partial charge in [0.15, 0.2) is 5.69 Å². The van der Waals surface area contributed by atoms with Crippen molar-refractivity contribution in [2.24, 2.45) is 0 Å². The van der Waals surface area contributed by atoms with E-state index < -0.39 is 0 Å². The molecule has 2 aromatic carbocycles. The monoisotopic (exact) mass is 409 g/mol. The number of amides is 1. The van der Waals surface area contributed by atoms with Crippen molar-refractivity contribution in [2.75, 3.05) is 26.2 Å². The molecule has 150 valence electrons. The summed E-state index contributed by atoms with van der Waals surface area (Å²) < 4.78 is 1.79. The number of carbonyl (C=O) groups is 1. The normalized spacial score (nSPS) is 14.9. The second-order valence-electron chi connectivity index (χ2n) is 7.36. The number of halogens is 1. The van der Waals surface area contributed by atoms with Crippen molar-refractivity contribution >= 4 is 17.5 Å². The van der Waals surface area contributed by atoms with Crippen LogP contribution in [-0.4, -0.2) is 56.9 Å². The molecule has 0 spiro atoms. The third-order valence-electron chi connectivity index (χ3n) is 5.34. The maximum absolute atomic E-state index is 13.0. The Morgan fingerprint density at radius 3 is 2.28 bits per heavy atom. The number of piperazine rings is 1. The number of rotatable bonds is 5. The van der Waals surface area contributed by atoms with E-state index in [1.807, 2.05) is 66.4 Å². The lowest BCUT2D eigenvalue weighted by Crippen LogP contribution is -2.48. The van der Waals surface area contributed by atoms with Gasteiger partial charge in [0, 0.05) is 37.7 Å². The molecular formula is C22H24ClN5O. The van der Waals surface area contributed by atoms with Crippen molar-refractivity contribution in [1.29, 1.82) is 0 Å². The van der Waals surface area contributed by atoms with Gasteiger partial charge in [-0.2, -0.15) is 0 Å². The number of carbonyl (C=O) groups excluding carboxylic acids is 1. The predicted octanol–water partition coefficient (Wildman–Crippen LogP) is 3.25. The largest absolute Gasteiger partial charge is 0.335 e. The molecule has 1 aliphatic heterocycles. The fraction of sp³-hybridized carbons (Fsp3) is 0.318. The summed E-state index contributed by atoms with van der Waals surface area (Å²) in [4.78, 5) is 17.2. The highest BCUT2D eigenvalue weighted by Gasteiger charge is 2.26. The van der Waals surface area contributed by atoms with E-state index in [-0.39, 0.29) is 5.91 Å². The lowest BCUT2D eigenvalue weighted by molar-refractivity contribution is 0.0622. The zero-order chi connectivity index (χ0) is 20.2. The molecule has 1 saturated heterocycles. The lowest BCUT2D eigenvalue weighted by Gasteiger charge is -2.34. The molecule has 1 amide bonds. The predicted molar refractivity (Wildman–Crippen MR) is 113 cm³/mol. The Morgan fingerprint density at radius 1 is 0.931 bits per heavy atom. The molecule has 0 atom stereocenters. The topological polar surface area (TPSA) is 54.3 Å². The molecule has 0 aliphatic carbocycles. The summed E-state index contributed by atoms with van der Waals surface area (Å²) in [6, 6.07) is 18.0. The van der Waals surface area contributed by atoms with Crippen LogP contribution in [0.15, 0.2) is 54.6 Å². The minimum absolute atomic E-state index is 0.0343. The Morgan fingerprint density at radius 2 is 1.59 bits per heavy atom. The summed E-state index contributed by atoms with van der Waals surface area (Å²) in [6.45, 7) is 6.45. The van der Waals surface area contributed by atoms with Crippen molar-refractivity contribution in [3.05, 3.63) is 82.1 Å². The molecule has 29 heavy (non-hydrogen) atoms. The van der Waals surface area contributed by atoms with Crippen molar-refractivity contribution in [3.8, 4) is 0 Å². The average molecular weight is 410 g/mol. The Balaban J connectivity index is 1.35. The fourth-order valence-corrected chi connectivity index (χ4v) is 3.70. The number of hydrogen-bond acceptors (Lipinski definition) is 4. The molecule has 0 radical (unpaired) electrons. The number of benzene rings is 2. The molecule has 7 heteroatoms. The average Bonchev–Trinajstić information content (AvgIpc) is 3.11. The summed E-state index contributed by atoms with van der Waals surface area (Å²) in [5.74, 6) is -0.0343. The van der Waals surface area contributed by atoms with Gasteiger partial charge in [0.25, 0.3) is 5.91 Å². The van der Waals surface area contributed by atoms with E-state index in [0.717, 1.165) is 35.9 Å². The molecule has 0 N–H and O–H groups in total. The Hall–Kier alpha value is -2.70. The zero-order valence-corrected chi connectivity index (χ0v) is 17.2. The van der Waals surface area contributed by atoms with Crippen molar-refractivity contribution in [1.82, 2.24) is 24.8 Å². The van der Waals surface area contributed by atoms with Crippen LogP contribution in [0.25, 0.3) is 0 Å². The second kappa shape index (κ2) is 8.76. The summed E-state index contributed by atoms with van der Waals surface area (Å²) in [7, 11) is 0. The van der Waals surface area contributed by atoms with E-state index >= 15 is 0 Å². The maximum atomic E-state index is 13.0. The third-order valence-corrected chi connectivity index (χ3v) is 5.59. The van der Waals surface area contributed by atoms with Gasteiger partial charge in [-0.05, 0) is 30.2 Å². The first-order valence-corrected chi connectivity index (χ1v) is 10.2. The summed E-state index contributed by atoms with van der Waals surface area (Å²) >= 11 is 5.96. The van der Waals surface area contributed by atoms with Crippen LogP contribution >= 0.6 is 11.6 Å². The molecule has 0 unspecified atom stereocenters. The molecule has 1 aromatic heterocycles. The van der Waals surface area contributed by atoms with E-state index in [0.29, 0.717) is 25.3 Å². The van der Waals surface area contributed by atoms with Gasteiger partial charge in [0.1, 0.15) is 0 Å². The molecule has 2 heterocycles. The zero-order valence-electron chi connectivity index (χ0n) is 16.5. The highest BCUT2D eigenvalue weighted by atomic mass is 35.5. The van der Waals surface area contributed by atoms with Crippen molar-refractivity contribution in [2.45, 2.75) is 20.0 Å². The van der Waals surface area contributed by atoms with Crippen LogP contribution < -0.4 is 0 Å². The van der Waals surface area contributed by atoms with Gasteiger partial charge in [0.2, 0.25) is 0 Å². The maximum Gasteiger partial charge on any atom is 0.276 e. The van der Waals surface area contributed by atoms with Gasteiger partial charge in [0.05, 0.1) is 12.2 Å². The molecule has 6 nitrogen and oxygen atoms in total. The van der Waals surface area contributed by atoms with E-state index in [2.05, 4.69) is 15.2 Å². The van der Waals surface area contributed by atoms with Crippen LogP contribution in [0, 0.1) is 6.92 Å². The minimum atomic E-state index is -0.0343. The first-order chi connectivity index (χ1) is 14.1. The van der Waals surface area contributed by atoms with Gasteiger partial charge in [-0.25, -0.2) is 4.68 Å². The second-order valence-corrected chi connectivity index (χ2v) is 7.80. The Bertz CT molecular complexity index is 963. The third kappa shape index (κ3) is 4.66. The van der Waals surface area contributed by atoms with Crippen molar-refractivity contribution < 1.29 is 4.79 Å². The minimum Gasteiger partial charge on any atom is -0.335 e. The first-order valence-electron chi connectivity index (χ1n) is 9.80. The lowest BCUT2D eigenvalue weighted by atomic mass is 10.2. The molecule has 1 fully saturated rings. The van der Waals surface area contributed by atoms with Crippen LogP contribution in [0.3, 0.4) is 0 Å². The summed E-state index contributed by atoms with van der Waals surface area (Å²) in [5.41, 5.74) is 3.62. The summed E-state index contributed by atoms with van der Waals surface area (Å²) in [6.07, 6.45) is 0. The highest BCUT2D eigenvalue weighted by Crippen LogP contribution is 2.15. The van der Waals surface area contributed by atoms with E-state index in [1.165, 1.54) is 5.56 Å². The molecular weight excluding hydrogens is 386 g/mol. The van der Waals surface area contributed by atoms with Crippen LogP contribution in [0.5, 0.6) is 0 Å². The molecule has 4 rings (SSSR count). The Labute approximate surface area is 175 Å². The number of hydrogen-bond donors (Lipinski definition) is 0. The van der Waals surface area contributed by atoms with Gasteiger partial charge >= 0.3 is 0 Å². The molecule has 3 aromatic rings. The fourth-order valence-electron chi connectivity index (χ4n) is 3.57. The molecule has 0 saturated carbocycles. The SMILES string of the molecule is Cc1c(C(=O)N2CCN(Cc3ccc(Cl)cc3)CC2)nnn1Cc1ccccc1. The van der Waals surface area contributed by atoms with E-state index in [1.54, 1.807) is 4.68 Å². The van der Waals surface area contributed by atoms with E-state index in [4.69, 9.17) is 11.6 Å². The number of nitrogens with zero attached hydrogens (tertiary/aromatic N) is 5.